The van der Waals surface area contributed by atoms with Gasteiger partial charge in [-0.1, -0.05) is 6.08 Å². The van der Waals surface area contributed by atoms with Crippen LogP contribution in [0.4, 0.5) is 11.5 Å². The molecule has 0 aliphatic rings. The van der Waals surface area contributed by atoms with E-state index < -0.39 is 0 Å². The number of nitrogen functional groups attached to an aromatic ring is 1. The zero-order valence-electron chi connectivity index (χ0n) is 7.46. The Morgan fingerprint density at radius 1 is 1.75 bits per heavy atom. The highest BCUT2D eigenvalue weighted by atomic mass is 15.3. The van der Waals surface area contributed by atoms with Gasteiger partial charge >= 0.3 is 0 Å². The Bertz CT molecular complexity index is 287. The second-order valence-electron chi connectivity index (χ2n) is 2.64. The molecule has 66 valence electrons. The normalized spacial score (nSPS) is 9.83. The Labute approximate surface area is 72.1 Å². The fourth-order valence-electron chi connectivity index (χ4n) is 1.05. The Hall–Kier alpha value is -1.45. The third kappa shape index (κ3) is 1.42. The summed E-state index contributed by atoms with van der Waals surface area (Å²) in [6, 6.07) is 0. The van der Waals surface area contributed by atoms with Crippen molar-refractivity contribution < 1.29 is 0 Å². The third-order valence-electron chi connectivity index (χ3n) is 1.68. The molecule has 1 aromatic heterocycles. The molecule has 0 fully saturated rings. The van der Waals surface area contributed by atoms with Gasteiger partial charge in [0.1, 0.15) is 5.82 Å². The monoisotopic (exact) mass is 166 g/mol. The molecule has 0 bridgehead atoms. The van der Waals surface area contributed by atoms with Gasteiger partial charge in [-0.15, -0.1) is 6.58 Å². The zero-order valence-corrected chi connectivity index (χ0v) is 7.46. The van der Waals surface area contributed by atoms with Crippen LogP contribution in [0.25, 0.3) is 0 Å². The summed E-state index contributed by atoms with van der Waals surface area (Å²) in [5.74, 6) is 0.854. The Morgan fingerprint density at radius 2 is 2.42 bits per heavy atom. The standard InChI is InChI=1S/C8H14N4/c1-4-5-10-8-7(9)6(2)11-12(8)3/h4,10H,1,5,9H2,2-3H3. The number of aromatic nitrogens is 2. The maximum absolute atomic E-state index is 5.76. The molecular weight excluding hydrogens is 152 g/mol. The molecule has 1 aromatic rings. The molecule has 12 heavy (non-hydrogen) atoms. The smallest absolute Gasteiger partial charge is 0.148 e. The van der Waals surface area contributed by atoms with Gasteiger partial charge in [-0.2, -0.15) is 5.10 Å². The van der Waals surface area contributed by atoms with Crippen LogP contribution in [0, 0.1) is 6.92 Å². The number of anilines is 2. The zero-order chi connectivity index (χ0) is 9.14. The van der Waals surface area contributed by atoms with Crippen LogP contribution in [0.1, 0.15) is 5.69 Å². The fourth-order valence-corrected chi connectivity index (χ4v) is 1.05. The highest BCUT2D eigenvalue weighted by molar-refractivity contribution is 5.64. The van der Waals surface area contributed by atoms with Crippen molar-refractivity contribution in [2.24, 2.45) is 7.05 Å². The molecule has 0 unspecified atom stereocenters. The van der Waals surface area contributed by atoms with E-state index in [1.807, 2.05) is 14.0 Å². The largest absolute Gasteiger partial charge is 0.394 e. The van der Waals surface area contributed by atoms with Gasteiger partial charge < -0.3 is 11.1 Å². The molecule has 0 aromatic carbocycles. The topological polar surface area (TPSA) is 55.9 Å². The van der Waals surface area contributed by atoms with Crippen LogP contribution in [-0.4, -0.2) is 16.3 Å². The summed E-state index contributed by atoms with van der Waals surface area (Å²) < 4.78 is 1.73. The van der Waals surface area contributed by atoms with Crippen LogP contribution < -0.4 is 11.1 Å². The van der Waals surface area contributed by atoms with E-state index in [1.165, 1.54) is 0 Å². The van der Waals surface area contributed by atoms with E-state index in [0.717, 1.165) is 11.5 Å². The molecule has 3 N–H and O–H groups in total. The Morgan fingerprint density at radius 3 is 2.83 bits per heavy atom. The van der Waals surface area contributed by atoms with Gasteiger partial charge in [0.25, 0.3) is 0 Å². The van der Waals surface area contributed by atoms with Gasteiger partial charge in [-0.05, 0) is 6.92 Å². The summed E-state index contributed by atoms with van der Waals surface area (Å²) in [7, 11) is 1.86. The van der Waals surface area contributed by atoms with Crippen molar-refractivity contribution in [2.45, 2.75) is 6.92 Å². The van der Waals surface area contributed by atoms with Crippen molar-refractivity contribution in [1.82, 2.24) is 9.78 Å². The Balaban J connectivity index is 2.89. The highest BCUT2D eigenvalue weighted by Gasteiger charge is 2.07. The second-order valence-corrected chi connectivity index (χ2v) is 2.64. The van der Waals surface area contributed by atoms with Crippen molar-refractivity contribution in [3.63, 3.8) is 0 Å². The first-order chi connectivity index (χ1) is 5.66. The summed E-state index contributed by atoms with van der Waals surface area (Å²) in [4.78, 5) is 0. The van der Waals surface area contributed by atoms with Crippen molar-refractivity contribution in [3.05, 3.63) is 18.3 Å². The molecule has 1 heterocycles. The average molecular weight is 166 g/mol. The van der Waals surface area contributed by atoms with Gasteiger partial charge in [0, 0.05) is 13.6 Å². The number of hydrogen-bond acceptors (Lipinski definition) is 3. The fraction of sp³-hybridized carbons (Fsp3) is 0.375. The minimum Gasteiger partial charge on any atom is -0.394 e. The van der Waals surface area contributed by atoms with Crippen molar-refractivity contribution in [2.75, 3.05) is 17.6 Å². The van der Waals surface area contributed by atoms with E-state index in [4.69, 9.17) is 5.73 Å². The van der Waals surface area contributed by atoms with Crippen LogP contribution in [-0.2, 0) is 7.05 Å². The van der Waals surface area contributed by atoms with Crippen LogP contribution in [0.15, 0.2) is 12.7 Å². The molecule has 1 rings (SSSR count). The number of aryl methyl sites for hydroxylation is 2. The van der Waals surface area contributed by atoms with Crippen molar-refractivity contribution >= 4 is 11.5 Å². The van der Waals surface area contributed by atoms with Gasteiger partial charge in [0.2, 0.25) is 0 Å². The summed E-state index contributed by atoms with van der Waals surface area (Å²) in [6.45, 7) is 6.19. The summed E-state index contributed by atoms with van der Waals surface area (Å²) in [6.07, 6.45) is 1.78. The van der Waals surface area contributed by atoms with E-state index in [2.05, 4.69) is 17.0 Å². The summed E-state index contributed by atoms with van der Waals surface area (Å²) in [5.41, 5.74) is 7.32. The lowest BCUT2D eigenvalue weighted by Crippen LogP contribution is -2.05. The summed E-state index contributed by atoms with van der Waals surface area (Å²) >= 11 is 0. The molecule has 0 amide bonds. The Kier molecular flexibility index (Phi) is 2.38. The molecule has 0 saturated carbocycles. The number of nitrogens with zero attached hydrogens (tertiary/aromatic N) is 2. The molecule has 0 aliphatic heterocycles. The van der Waals surface area contributed by atoms with Crippen molar-refractivity contribution in [1.29, 1.82) is 0 Å². The van der Waals surface area contributed by atoms with Crippen molar-refractivity contribution in [3.8, 4) is 0 Å². The first kappa shape index (κ1) is 8.64. The first-order valence-electron chi connectivity index (χ1n) is 3.80. The van der Waals surface area contributed by atoms with Crippen LogP contribution >= 0.6 is 0 Å². The van der Waals surface area contributed by atoms with E-state index in [9.17, 15) is 0 Å². The molecule has 4 nitrogen and oxygen atoms in total. The number of rotatable bonds is 3. The van der Waals surface area contributed by atoms with E-state index in [-0.39, 0.29) is 0 Å². The summed E-state index contributed by atoms with van der Waals surface area (Å²) in [5, 5.41) is 7.27. The molecular formula is C8H14N4. The van der Waals surface area contributed by atoms with Gasteiger partial charge in [0.05, 0.1) is 11.4 Å². The van der Waals surface area contributed by atoms with E-state index in [1.54, 1.807) is 10.8 Å². The van der Waals surface area contributed by atoms with Crippen LogP contribution in [0.3, 0.4) is 0 Å². The number of nitrogens with two attached hydrogens (primary N) is 1. The molecule has 4 heteroatoms. The molecule has 0 saturated heterocycles. The maximum Gasteiger partial charge on any atom is 0.148 e. The second kappa shape index (κ2) is 3.30. The predicted octanol–water partition coefficient (Wildman–Crippen LogP) is 0.909. The van der Waals surface area contributed by atoms with Crippen LogP contribution in [0.5, 0.6) is 0 Å². The van der Waals surface area contributed by atoms with Gasteiger partial charge in [-0.25, -0.2) is 0 Å². The maximum atomic E-state index is 5.76. The van der Waals surface area contributed by atoms with Gasteiger partial charge in [-0.3, -0.25) is 4.68 Å². The molecule has 0 spiro atoms. The molecule has 0 aliphatic carbocycles. The lowest BCUT2D eigenvalue weighted by Gasteiger charge is -2.03. The van der Waals surface area contributed by atoms with E-state index >= 15 is 0 Å². The van der Waals surface area contributed by atoms with E-state index in [0.29, 0.717) is 12.2 Å². The van der Waals surface area contributed by atoms with Crippen LogP contribution in [0.2, 0.25) is 0 Å². The first-order valence-corrected chi connectivity index (χ1v) is 3.80. The minimum atomic E-state index is 0.698. The lowest BCUT2D eigenvalue weighted by atomic mass is 10.4. The minimum absolute atomic E-state index is 0.698. The number of hydrogen-bond donors (Lipinski definition) is 2. The lowest BCUT2D eigenvalue weighted by molar-refractivity contribution is 0.761. The van der Waals surface area contributed by atoms with Gasteiger partial charge in [0.15, 0.2) is 0 Å². The molecule has 0 radical (unpaired) electrons. The predicted molar refractivity (Wildman–Crippen MR) is 51.0 cm³/mol. The SMILES string of the molecule is C=CCNc1c(N)c(C)nn1C. The number of nitrogens with one attached hydrogen (secondary N) is 1. The average Bonchev–Trinajstić information content (AvgIpc) is 2.25. The molecule has 0 atom stereocenters. The third-order valence-corrected chi connectivity index (χ3v) is 1.68. The highest BCUT2D eigenvalue weighted by Crippen LogP contribution is 2.20. The quantitative estimate of drug-likeness (QED) is 0.656.